The first kappa shape index (κ1) is 28.1. The first-order valence-corrected chi connectivity index (χ1v) is 14.4. The SMILES string of the molecule is CC(CF)(CF)c1cc(NC(=O)Nc2ccc(-c3cn4c(n3)sc3cc(OCCN5CCOCC5)ccc34)cc2)on1. The average Bonchev–Trinajstić information content (AvgIpc) is 3.73. The average molecular weight is 597 g/mol. The molecule has 0 saturated carbocycles. The van der Waals surface area contributed by atoms with E-state index in [9.17, 15) is 13.6 Å². The highest BCUT2D eigenvalue weighted by atomic mass is 32.1. The summed E-state index contributed by atoms with van der Waals surface area (Å²) in [5, 5.41) is 8.87. The number of alkyl halides is 2. The molecule has 0 spiro atoms. The Morgan fingerprint density at radius 3 is 2.64 bits per heavy atom. The van der Waals surface area contributed by atoms with Gasteiger partial charge in [-0.25, -0.2) is 18.6 Å². The number of imidazole rings is 1. The van der Waals surface area contributed by atoms with Crippen LogP contribution >= 0.6 is 11.3 Å². The standard InChI is InChI=1S/C29H30F2N6O4S/c1-29(17-30,18-31)25-15-26(41-35-25)34-27(38)32-20-4-2-19(3-5-20)22-16-37-23-7-6-21(14-24(23)42-28(37)33-22)40-13-10-36-8-11-39-12-9-36/h2-7,14-16H,8-13,17-18H2,1H3,(H2,32,34,38). The minimum absolute atomic E-state index is 0.00998. The van der Waals surface area contributed by atoms with E-state index in [2.05, 4.69) is 31.2 Å². The first-order valence-electron chi connectivity index (χ1n) is 13.6. The lowest BCUT2D eigenvalue weighted by atomic mass is 9.90. The van der Waals surface area contributed by atoms with Gasteiger partial charge in [0.25, 0.3) is 0 Å². The fourth-order valence-electron chi connectivity index (χ4n) is 4.62. The summed E-state index contributed by atoms with van der Waals surface area (Å²) in [4.78, 5) is 20.4. The van der Waals surface area contributed by atoms with Crippen LogP contribution in [0.5, 0.6) is 5.75 Å². The Kier molecular flexibility index (Phi) is 8.05. The molecule has 2 N–H and O–H groups in total. The molecule has 4 heterocycles. The molecule has 2 aromatic carbocycles. The predicted octanol–water partition coefficient (Wildman–Crippen LogP) is 5.76. The molecule has 13 heteroatoms. The highest BCUT2D eigenvalue weighted by Gasteiger charge is 2.31. The van der Waals surface area contributed by atoms with Gasteiger partial charge in [-0.15, -0.1) is 0 Å². The summed E-state index contributed by atoms with van der Waals surface area (Å²) >= 11 is 1.60. The largest absolute Gasteiger partial charge is 0.492 e. The van der Waals surface area contributed by atoms with Crippen LogP contribution in [0.25, 0.3) is 26.4 Å². The van der Waals surface area contributed by atoms with Crippen molar-refractivity contribution in [3.8, 4) is 17.0 Å². The molecule has 5 aromatic rings. The highest BCUT2D eigenvalue weighted by Crippen LogP contribution is 2.32. The normalized spacial score (nSPS) is 14.5. The third-order valence-corrected chi connectivity index (χ3v) is 8.26. The van der Waals surface area contributed by atoms with Crippen LogP contribution in [-0.4, -0.2) is 78.3 Å². The number of anilines is 2. The van der Waals surface area contributed by atoms with E-state index < -0.39 is 24.8 Å². The van der Waals surface area contributed by atoms with Crippen molar-refractivity contribution in [2.45, 2.75) is 12.3 Å². The third-order valence-electron chi connectivity index (χ3n) is 7.24. The predicted molar refractivity (Wildman–Crippen MR) is 157 cm³/mol. The van der Waals surface area contributed by atoms with E-state index in [4.69, 9.17) is 19.0 Å². The number of fused-ring (bicyclic) bond motifs is 3. The molecule has 10 nitrogen and oxygen atoms in total. The van der Waals surface area contributed by atoms with Crippen molar-refractivity contribution in [1.29, 1.82) is 0 Å². The third kappa shape index (κ3) is 5.94. The molecular formula is C29H30F2N6O4S. The van der Waals surface area contributed by atoms with Crippen molar-refractivity contribution in [2.24, 2.45) is 0 Å². The van der Waals surface area contributed by atoms with Gasteiger partial charge >= 0.3 is 6.03 Å². The Morgan fingerprint density at radius 2 is 1.88 bits per heavy atom. The molecule has 0 unspecified atom stereocenters. The fraction of sp³-hybridized carbons (Fsp3) is 0.345. The van der Waals surface area contributed by atoms with Crippen LogP contribution in [-0.2, 0) is 10.2 Å². The van der Waals surface area contributed by atoms with Gasteiger partial charge in [-0.3, -0.25) is 14.6 Å². The number of rotatable bonds is 10. The second-order valence-electron chi connectivity index (χ2n) is 10.4. The number of amides is 2. The maximum absolute atomic E-state index is 13.2. The zero-order valence-corrected chi connectivity index (χ0v) is 23.8. The zero-order chi connectivity index (χ0) is 29.1. The molecule has 1 aliphatic heterocycles. The lowest BCUT2D eigenvalue weighted by Crippen LogP contribution is -2.38. The molecule has 3 aromatic heterocycles. The zero-order valence-electron chi connectivity index (χ0n) is 22.9. The van der Waals surface area contributed by atoms with Gasteiger partial charge in [0.1, 0.15) is 25.7 Å². The second kappa shape index (κ2) is 12.0. The van der Waals surface area contributed by atoms with Crippen LogP contribution in [0.4, 0.5) is 25.1 Å². The molecular weight excluding hydrogens is 566 g/mol. The van der Waals surface area contributed by atoms with Crippen molar-refractivity contribution in [2.75, 3.05) is 63.4 Å². The van der Waals surface area contributed by atoms with Gasteiger partial charge in [-0.05, 0) is 37.3 Å². The van der Waals surface area contributed by atoms with Crippen molar-refractivity contribution in [1.82, 2.24) is 19.4 Å². The van der Waals surface area contributed by atoms with Crippen molar-refractivity contribution < 1.29 is 27.6 Å². The molecule has 0 aliphatic carbocycles. The molecule has 0 bridgehead atoms. The number of hydrogen-bond donors (Lipinski definition) is 2. The van der Waals surface area contributed by atoms with E-state index in [1.54, 1.807) is 23.5 Å². The summed E-state index contributed by atoms with van der Waals surface area (Å²) in [6.07, 6.45) is 1.99. The number of halogens is 2. The lowest BCUT2D eigenvalue weighted by Gasteiger charge is -2.26. The Balaban J connectivity index is 1.07. The number of hydrogen-bond acceptors (Lipinski definition) is 8. The fourth-order valence-corrected chi connectivity index (χ4v) is 5.65. The van der Waals surface area contributed by atoms with Crippen LogP contribution in [0.15, 0.2) is 59.3 Å². The topological polar surface area (TPSA) is 106 Å². The Bertz CT molecular complexity index is 1670. The number of urea groups is 1. The van der Waals surface area contributed by atoms with Gasteiger partial charge in [-0.2, -0.15) is 0 Å². The van der Waals surface area contributed by atoms with Crippen molar-refractivity contribution in [3.05, 3.63) is 60.4 Å². The molecule has 2 amide bonds. The van der Waals surface area contributed by atoms with Crippen LogP contribution in [0, 0.1) is 0 Å². The van der Waals surface area contributed by atoms with E-state index in [-0.39, 0.29) is 11.6 Å². The summed E-state index contributed by atoms with van der Waals surface area (Å²) in [6, 6.07) is 14.1. The molecule has 1 fully saturated rings. The van der Waals surface area contributed by atoms with E-state index in [1.165, 1.54) is 13.0 Å². The number of benzene rings is 2. The molecule has 42 heavy (non-hydrogen) atoms. The van der Waals surface area contributed by atoms with E-state index in [0.29, 0.717) is 12.3 Å². The maximum atomic E-state index is 13.2. The number of nitrogens with one attached hydrogen (secondary N) is 2. The Morgan fingerprint density at radius 1 is 1.10 bits per heavy atom. The second-order valence-corrected chi connectivity index (χ2v) is 11.4. The number of morpholine rings is 1. The number of thiazole rings is 1. The summed E-state index contributed by atoms with van der Waals surface area (Å²) in [5.74, 6) is 0.832. The number of carbonyl (C=O) groups is 1. The van der Waals surface area contributed by atoms with E-state index >= 15 is 0 Å². The van der Waals surface area contributed by atoms with Crippen LogP contribution in [0.3, 0.4) is 0 Å². The summed E-state index contributed by atoms with van der Waals surface area (Å²) in [6.45, 7) is 4.46. The number of aromatic nitrogens is 3. The number of nitrogens with zero attached hydrogens (tertiary/aromatic N) is 4. The van der Waals surface area contributed by atoms with Gasteiger partial charge in [0.15, 0.2) is 4.96 Å². The lowest BCUT2D eigenvalue weighted by molar-refractivity contribution is 0.0322. The number of carbonyl (C=O) groups excluding carboxylic acids is 1. The first-order chi connectivity index (χ1) is 20.4. The van der Waals surface area contributed by atoms with Gasteiger partial charge in [-0.1, -0.05) is 28.6 Å². The van der Waals surface area contributed by atoms with Gasteiger partial charge in [0, 0.05) is 43.1 Å². The smallest absolute Gasteiger partial charge is 0.326 e. The van der Waals surface area contributed by atoms with Crippen molar-refractivity contribution >= 4 is 44.1 Å². The molecule has 6 rings (SSSR count). The minimum Gasteiger partial charge on any atom is -0.492 e. The molecule has 1 saturated heterocycles. The highest BCUT2D eigenvalue weighted by molar-refractivity contribution is 7.23. The quantitative estimate of drug-likeness (QED) is 0.211. The summed E-state index contributed by atoms with van der Waals surface area (Å²) < 4.78 is 46.0. The molecule has 220 valence electrons. The van der Waals surface area contributed by atoms with E-state index in [1.807, 2.05) is 30.5 Å². The summed E-state index contributed by atoms with van der Waals surface area (Å²) in [5.41, 5.74) is 1.98. The summed E-state index contributed by atoms with van der Waals surface area (Å²) in [7, 11) is 0. The van der Waals surface area contributed by atoms with Crippen LogP contribution < -0.4 is 15.4 Å². The Hall–Kier alpha value is -4.07. The van der Waals surface area contributed by atoms with Gasteiger partial charge < -0.3 is 19.3 Å². The van der Waals surface area contributed by atoms with Crippen molar-refractivity contribution in [3.63, 3.8) is 0 Å². The molecule has 1 aliphatic rings. The molecule has 0 atom stereocenters. The van der Waals surface area contributed by atoms with E-state index in [0.717, 1.165) is 65.0 Å². The minimum atomic E-state index is -1.41. The molecule has 0 radical (unpaired) electrons. The van der Waals surface area contributed by atoms with Crippen LogP contribution in [0.2, 0.25) is 0 Å². The van der Waals surface area contributed by atoms with Gasteiger partial charge in [0.2, 0.25) is 5.88 Å². The number of ether oxygens (including phenoxy) is 2. The van der Waals surface area contributed by atoms with Crippen LogP contribution in [0.1, 0.15) is 12.6 Å². The maximum Gasteiger partial charge on any atom is 0.326 e. The Labute approximate surface area is 244 Å². The monoisotopic (exact) mass is 596 g/mol. The van der Waals surface area contributed by atoms with Gasteiger partial charge in [0.05, 0.1) is 40.2 Å².